The van der Waals surface area contributed by atoms with E-state index in [-0.39, 0.29) is 15.3 Å². The molecule has 0 unspecified atom stereocenters. The topological polar surface area (TPSA) is 80.5 Å². The molecule has 116 valence electrons. The highest BCUT2D eigenvalue weighted by molar-refractivity contribution is 8.00. The van der Waals surface area contributed by atoms with Crippen molar-refractivity contribution in [2.24, 2.45) is 0 Å². The Hall–Kier alpha value is -1.28. The van der Waals surface area contributed by atoms with Crippen LogP contribution in [0.5, 0.6) is 0 Å². The van der Waals surface area contributed by atoms with Gasteiger partial charge >= 0.3 is 5.69 Å². The summed E-state index contributed by atoms with van der Waals surface area (Å²) in [5, 5.41) is 11.4. The minimum absolute atomic E-state index is 0.0206. The van der Waals surface area contributed by atoms with Crippen molar-refractivity contribution in [3.05, 3.63) is 28.3 Å². The Bertz CT molecular complexity index is 671. The van der Waals surface area contributed by atoms with E-state index >= 15 is 0 Å². The molecule has 1 saturated heterocycles. The van der Waals surface area contributed by atoms with Gasteiger partial charge in [0.15, 0.2) is 9.84 Å². The van der Waals surface area contributed by atoms with Crippen molar-refractivity contribution >= 4 is 33.0 Å². The van der Waals surface area contributed by atoms with Gasteiger partial charge < -0.3 is 4.90 Å². The van der Waals surface area contributed by atoms with E-state index < -0.39 is 14.8 Å². The first-order valence-electron chi connectivity index (χ1n) is 6.48. The number of thioether (sulfide) groups is 1. The lowest BCUT2D eigenvalue weighted by Crippen LogP contribution is -2.43. The number of sulfone groups is 1. The minimum Gasteiger partial charge on any atom is -0.364 e. The normalized spacial score (nSPS) is 18.5. The van der Waals surface area contributed by atoms with E-state index in [9.17, 15) is 18.5 Å². The lowest BCUT2D eigenvalue weighted by atomic mass is 10.1. The SMILES string of the molecule is CC1(C)CN(c2cccc(S(C)(=O)=O)c2[N+](=O)[O-])CCS1. The number of para-hydroxylation sites is 1. The number of nitro groups is 1. The standard InChI is InChI=1S/C13H18N2O4S2/c1-13(2)9-14(7-8-20-13)10-5-4-6-11(21(3,18)19)12(10)15(16)17/h4-6H,7-9H2,1-3H3. The van der Waals surface area contributed by atoms with Gasteiger partial charge in [0.1, 0.15) is 10.6 Å². The van der Waals surface area contributed by atoms with Crippen LogP contribution in [-0.2, 0) is 9.84 Å². The molecule has 0 radical (unpaired) electrons. The van der Waals surface area contributed by atoms with Gasteiger partial charge in [0.25, 0.3) is 0 Å². The van der Waals surface area contributed by atoms with E-state index in [2.05, 4.69) is 13.8 Å². The highest BCUT2D eigenvalue weighted by Gasteiger charge is 2.33. The summed E-state index contributed by atoms with van der Waals surface area (Å²) >= 11 is 1.81. The van der Waals surface area contributed by atoms with Crippen LogP contribution < -0.4 is 4.90 Å². The summed E-state index contributed by atoms with van der Waals surface area (Å²) < 4.78 is 23.6. The fourth-order valence-corrected chi connectivity index (χ4v) is 4.44. The molecule has 1 aromatic rings. The van der Waals surface area contributed by atoms with Crippen molar-refractivity contribution in [2.75, 3.05) is 30.0 Å². The van der Waals surface area contributed by atoms with Gasteiger partial charge in [-0.2, -0.15) is 11.8 Å². The fourth-order valence-electron chi connectivity index (χ4n) is 2.47. The van der Waals surface area contributed by atoms with Gasteiger partial charge in [-0.1, -0.05) is 6.07 Å². The summed E-state index contributed by atoms with van der Waals surface area (Å²) in [6.07, 6.45) is 0.995. The average molecular weight is 330 g/mol. The van der Waals surface area contributed by atoms with Crippen molar-refractivity contribution in [1.29, 1.82) is 0 Å². The molecule has 21 heavy (non-hydrogen) atoms. The number of rotatable bonds is 3. The van der Waals surface area contributed by atoms with Gasteiger partial charge in [-0.3, -0.25) is 10.1 Å². The summed E-state index contributed by atoms with van der Waals surface area (Å²) in [6.45, 7) is 5.47. The van der Waals surface area contributed by atoms with Crippen molar-refractivity contribution in [3.8, 4) is 0 Å². The van der Waals surface area contributed by atoms with Crippen LogP contribution in [0.3, 0.4) is 0 Å². The molecule has 0 spiro atoms. The molecule has 1 aliphatic rings. The fraction of sp³-hybridized carbons (Fsp3) is 0.538. The number of nitro benzene ring substituents is 1. The molecular formula is C13H18N2O4S2. The van der Waals surface area contributed by atoms with Crippen molar-refractivity contribution in [1.82, 2.24) is 0 Å². The summed E-state index contributed by atoms with van der Waals surface area (Å²) in [6, 6.07) is 4.48. The highest BCUT2D eigenvalue weighted by atomic mass is 32.2. The van der Waals surface area contributed by atoms with E-state index in [1.807, 2.05) is 16.7 Å². The molecule has 0 bridgehead atoms. The second-order valence-corrected chi connectivity index (χ2v) is 9.47. The van der Waals surface area contributed by atoms with Crippen molar-refractivity contribution in [2.45, 2.75) is 23.5 Å². The molecule has 2 rings (SSSR count). The van der Waals surface area contributed by atoms with Crippen LogP contribution in [0, 0.1) is 10.1 Å². The van der Waals surface area contributed by atoms with Gasteiger partial charge in [0, 0.05) is 29.8 Å². The molecule has 0 atom stereocenters. The third-order valence-corrected chi connectivity index (χ3v) is 5.75. The number of benzene rings is 1. The molecule has 0 aromatic heterocycles. The third kappa shape index (κ3) is 3.49. The van der Waals surface area contributed by atoms with E-state index in [0.29, 0.717) is 18.8 Å². The molecule has 1 aromatic carbocycles. The average Bonchev–Trinajstić information content (AvgIpc) is 2.35. The smallest absolute Gasteiger partial charge is 0.311 e. The highest BCUT2D eigenvalue weighted by Crippen LogP contribution is 2.39. The van der Waals surface area contributed by atoms with Crippen LogP contribution in [0.25, 0.3) is 0 Å². The number of hydrogen-bond donors (Lipinski definition) is 0. The maximum absolute atomic E-state index is 11.8. The number of anilines is 1. The largest absolute Gasteiger partial charge is 0.364 e. The molecule has 0 aliphatic carbocycles. The molecule has 0 N–H and O–H groups in total. The van der Waals surface area contributed by atoms with Crippen LogP contribution in [-0.4, -0.2) is 43.2 Å². The van der Waals surface area contributed by atoms with Crippen LogP contribution in [0.1, 0.15) is 13.8 Å². The lowest BCUT2D eigenvalue weighted by Gasteiger charge is -2.38. The second kappa shape index (κ2) is 5.49. The summed E-state index contributed by atoms with van der Waals surface area (Å²) in [5.74, 6) is 0.854. The quantitative estimate of drug-likeness (QED) is 0.625. The monoisotopic (exact) mass is 330 g/mol. The zero-order valence-corrected chi connectivity index (χ0v) is 13.8. The predicted molar refractivity (Wildman–Crippen MR) is 85.0 cm³/mol. The first-order valence-corrected chi connectivity index (χ1v) is 9.36. The van der Waals surface area contributed by atoms with E-state index in [4.69, 9.17) is 0 Å². The van der Waals surface area contributed by atoms with Crippen LogP contribution in [0.15, 0.2) is 23.1 Å². The van der Waals surface area contributed by atoms with E-state index in [0.717, 1.165) is 12.0 Å². The second-order valence-electron chi connectivity index (χ2n) is 5.68. The van der Waals surface area contributed by atoms with Gasteiger partial charge in [-0.25, -0.2) is 8.42 Å². The Morgan fingerprint density at radius 2 is 2.05 bits per heavy atom. The minimum atomic E-state index is -3.64. The number of hydrogen-bond acceptors (Lipinski definition) is 6. The summed E-state index contributed by atoms with van der Waals surface area (Å²) in [4.78, 5) is 12.5. The van der Waals surface area contributed by atoms with Gasteiger partial charge in [0.2, 0.25) is 0 Å². The third-order valence-electron chi connectivity index (χ3n) is 3.33. The van der Waals surface area contributed by atoms with E-state index in [1.54, 1.807) is 12.1 Å². The Kier molecular flexibility index (Phi) is 4.21. The van der Waals surface area contributed by atoms with E-state index in [1.165, 1.54) is 6.07 Å². The zero-order chi connectivity index (χ0) is 15.8. The molecule has 8 heteroatoms. The Morgan fingerprint density at radius 1 is 1.38 bits per heavy atom. The molecule has 6 nitrogen and oxygen atoms in total. The van der Waals surface area contributed by atoms with Gasteiger partial charge in [-0.05, 0) is 26.0 Å². The number of nitrogens with zero attached hydrogens (tertiary/aromatic N) is 2. The molecular weight excluding hydrogens is 312 g/mol. The zero-order valence-electron chi connectivity index (χ0n) is 12.2. The molecule has 1 heterocycles. The lowest BCUT2D eigenvalue weighted by molar-refractivity contribution is -0.387. The van der Waals surface area contributed by atoms with Crippen molar-refractivity contribution in [3.63, 3.8) is 0 Å². The molecule has 1 aliphatic heterocycles. The van der Waals surface area contributed by atoms with Crippen LogP contribution in [0.4, 0.5) is 11.4 Å². The maximum Gasteiger partial charge on any atom is 0.311 e. The van der Waals surface area contributed by atoms with Crippen LogP contribution in [0.2, 0.25) is 0 Å². The summed E-state index contributed by atoms with van der Waals surface area (Å²) in [5.41, 5.74) is 0.0685. The first kappa shape index (κ1) is 16.1. The molecule has 0 saturated carbocycles. The van der Waals surface area contributed by atoms with Gasteiger partial charge in [0.05, 0.1) is 4.92 Å². The first-order chi connectivity index (χ1) is 9.62. The van der Waals surface area contributed by atoms with Crippen molar-refractivity contribution < 1.29 is 13.3 Å². The molecule has 0 amide bonds. The summed E-state index contributed by atoms with van der Waals surface area (Å²) in [7, 11) is -3.64. The van der Waals surface area contributed by atoms with Gasteiger partial charge in [-0.15, -0.1) is 0 Å². The predicted octanol–water partition coefficient (Wildman–Crippen LogP) is 2.33. The Labute approximate surface area is 128 Å². The Morgan fingerprint density at radius 3 is 2.57 bits per heavy atom. The maximum atomic E-state index is 11.8. The Balaban J connectivity index is 2.57. The van der Waals surface area contributed by atoms with Crippen LogP contribution >= 0.6 is 11.8 Å². The molecule has 1 fully saturated rings.